The number of phenols is 1. The van der Waals surface area contributed by atoms with Gasteiger partial charge in [0.15, 0.2) is 5.82 Å². The monoisotopic (exact) mass is 1090 g/mol. The summed E-state index contributed by atoms with van der Waals surface area (Å²) in [5.41, 5.74) is 4.49. The number of carbonyl (C=O) groups is 4. The number of aryl methyl sites for hydroxylation is 1. The maximum atomic E-state index is 17.2. The van der Waals surface area contributed by atoms with Crippen LogP contribution in [0.2, 0.25) is 5.02 Å². The fraction of sp³-hybridized carbons (Fsp3) is 0.431. The Kier molecular flexibility index (Phi) is 16.5. The van der Waals surface area contributed by atoms with E-state index in [1.165, 1.54) is 17.0 Å². The van der Waals surface area contributed by atoms with Gasteiger partial charge in [0.1, 0.15) is 35.3 Å². The van der Waals surface area contributed by atoms with Gasteiger partial charge in [-0.05, 0) is 110 Å². The first-order valence-electron chi connectivity index (χ1n) is 26.3. The number of thiazole rings is 1. The number of piperidine rings is 1. The number of halogens is 2. The average molecular weight is 1090 g/mol. The molecule has 4 amide bonds. The topological polar surface area (TPSA) is 194 Å². The van der Waals surface area contributed by atoms with Crippen molar-refractivity contribution in [2.45, 2.75) is 97.6 Å². The molecule has 0 saturated carbocycles. The summed E-state index contributed by atoms with van der Waals surface area (Å²) < 4.78 is 23.6. The number of anilines is 1. The number of piperazine rings is 1. The summed E-state index contributed by atoms with van der Waals surface area (Å²) in [5.74, 6) is -1.48. The van der Waals surface area contributed by atoms with Crippen LogP contribution < -0.4 is 20.3 Å². The lowest BCUT2D eigenvalue weighted by molar-refractivity contribution is -0.144. The lowest BCUT2D eigenvalue weighted by Gasteiger charge is -2.36. The van der Waals surface area contributed by atoms with E-state index in [9.17, 15) is 29.4 Å². The van der Waals surface area contributed by atoms with E-state index in [2.05, 4.69) is 32.1 Å². The molecular weight excluding hydrogens is 1020 g/mol. The molecule has 0 bridgehead atoms. The van der Waals surface area contributed by atoms with E-state index >= 15 is 4.39 Å². The molecule has 19 heteroatoms. The molecule has 9 rings (SSSR count). The van der Waals surface area contributed by atoms with Gasteiger partial charge in [-0.25, -0.2) is 9.37 Å². The first-order chi connectivity index (χ1) is 36.8. The Labute approximate surface area is 457 Å². The highest BCUT2D eigenvalue weighted by Crippen LogP contribution is 2.43. The fourth-order valence-electron chi connectivity index (χ4n) is 10.9. The van der Waals surface area contributed by atoms with Crippen molar-refractivity contribution in [2.24, 2.45) is 11.3 Å². The number of rotatable bonds is 15. The van der Waals surface area contributed by atoms with Crippen molar-refractivity contribution in [1.82, 2.24) is 40.3 Å². The molecule has 0 spiro atoms. The summed E-state index contributed by atoms with van der Waals surface area (Å²) in [7, 11) is 0. The van der Waals surface area contributed by atoms with Gasteiger partial charge in [-0.3, -0.25) is 24.1 Å². The molecule has 3 aliphatic rings. The number of hydrogen-bond donors (Lipinski definition) is 4. The molecule has 4 aromatic carbocycles. The molecule has 4 N–H and O–H groups in total. The Morgan fingerprint density at radius 2 is 1.68 bits per heavy atom. The van der Waals surface area contributed by atoms with Gasteiger partial charge in [-0.15, -0.1) is 11.3 Å². The van der Waals surface area contributed by atoms with Gasteiger partial charge in [0, 0.05) is 63.1 Å². The van der Waals surface area contributed by atoms with Crippen LogP contribution in [-0.2, 0) is 19.2 Å². The molecular formula is C58H67ClFN9O7S. The van der Waals surface area contributed by atoms with Gasteiger partial charge in [-0.1, -0.05) is 87.5 Å². The summed E-state index contributed by atoms with van der Waals surface area (Å²) >= 11 is 8.51. The summed E-state index contributed by atoms with van der Waals surface area (Å²) in [6.45, 7) is 18.4. The van der Waals surface area contributed by atoms with Crippen LogP contribution in [0.25, 0.3) is 43.2 Å². The third-order valence-corrected chi connectivity index (χ3v) is 16.4. The SMILES string of the molecule is C=CC(=O)N1CCN(c2nc(O[C@H](C)CN3CCC(CC(=O)N[C@H](C(=O)N4C[C@H](O)C[C@H]4C(=O)N[C@@H](C)c4ccc(-c5scnc5C)cc4)C(C)(C)C)CC3)nc3c(F)c(-c4cc(O)cc5ccccc45)c(Cl)cc23)CC1. The normalized spacial score (nSPS) is 18.8. The van der Waals surface area contributed by atoms with Crippen molar-refractivity contribution in [3.8, 4) is 33.3 Å². The number of aliphatic hydroxyl groups is 1. The Morgan fingerprint density at radius 3 is 2.35 bits per heavy atom. The van der Waals surface area contributed by atoms with Crippen molar-refractivity contribution in [3.63, 3.8) is 0 Å². The number of likely N-dealkylation sites (tertiary alicyclic amines) is 2. The molecule has 6 aromatic rings. The standard InChI is InChI=1S/C58H67ClFN9O7S/c1-8-48(73)67-21-23-68(24-22-67)54-44-29-45(59)49(43-27-40(70)26-39-11-9-10-12-42(39)43)50(60)51(44)64-57(65-54)76-33(2)30-66-19-17-36(18-20-66)25-47(72)63-53(58(5,6)7)56(75)69-31-41(71)28-46(69)55(74)62-34(3)37-13-15-38(16-14-37)52-35(4)61-32-77-52/h8-16,26-27,29,32-34,36,41,46,53,70-71H,1,17-25,28,30-31H2,2-7H3,(H,62,74)(H,63,72)/t33-,34+,41-,46+,53-/m1/s1. The number of amides is 4. The molecule has 0 aliphatic carbocycles. The molecule has 3 aliphatic heterocycles. The van der Waals surface area contributed by atoms with E-state index in [1.54, 1.807) is 28.4 Å². The zero-order valence-electron chi connectivity index (χ0n) is 44.4. The van der Waals surface area contributed by atoms with E-state index in [1.807, 2.05) is 100 Å². The Balaban J connectivity index is 0.832. The number of nitrogens with one attached hydrogen (secondary N) is 2. The molecule has 0 radical (unpaired) electrons. The van der Waals surface area contributed by atoms with E-state index in [0.29, 0.717) is 73.4 Å². The van der Waals surface area contributed by atoms with E-state index < -0.39 is 41.4 Å². The second-order valence-electron chi connectivity index (χ2n) is 21.8. The highest BCUT2D eigenvalue weighted by molar-refractivity contribution is 7.13. The molecule has 406 valence electrons. The number of aromatic nitrogens is 3. The number of ether oxygens (including phenoxy) is 1. The number of nitrogens with zero attached hydrogens (tertiary/aromatic N) is 7. The number of aromatic hydroxyl groups is 1. The number of aliphatic hydroxyl groups excluding tert-OH is 1. The largest absolute Gasteiger partial charge is 0.508 e. The summed E-state index contributed by atoms with van der Waals surface area (Å²) in [6, 6.07) is 17.8. The third kappa shape index (κ3) is 12.2. The molecule has 0 unspecified atom stereocenters. The van der Waals surface area contributed by atoms with Crippen molar-refractivity contribution in [2.75, 3.05) is 57.3 Å². The number of carbonyl (C=O) groups excluding carboxylic acids is 4. The first kappa shape index (κ1) is 55.0. The summed E-state index contributed by atoms with van der Waals surface area (Å²) in [6.07, 6.45) is 1.69. The van der Waals surface area contributed by atoms with Gasteiger partial charge in [-0.2, -0.15) is 9.97 Å². The molecule has 77 heavy (non-hydrogen) atoms. The summed E-state index contributed by atoms with van der Waals surface area (Å²) in [4.78, 5) is 76.8. The highest BCUT2D eigenvalue weighted by atomic mass is 35.5. The zero-order valence-corrected chi connectivity index (χ0v) is 46.0. The molecule has 2 aromatic heterocycles. The average Bonchev–Trinajstić information content (AvgIpc) is 4.04. The van der Waals surface area contributed by atoms with Gasteiger partial charge in [0.25, 0.3) is 0 Å². The minimum absolute atomic E-state index is 0.00249. The van der Waals surface area contributed by atoms with Crippen LogP contribution in [0.5, 0.6) is 11.8 Å². The number of β-amino-alcohol motifs (C(OH)–C–C–N with tert-alkyl or cyclic N) is 1. The van der Waals surface area contributed by atoms with E-state index in [-0.39, 0.29) is 76.9 Å². The Morgan fingerprint density at radius 1 is 0.961 bits per heavy atom. The van der Waals surface area contributed by atoms with Crippen molar-refractivity contribution >= 4 is 74.1 Å². The minimum Gasteiger partial charge on any atom is -0.508 e. The van der Waals surface area contributed by atoms with Gasteiger partial charge in [0.2, 0.25) is 23.6 Å². The van der Waals surface area contributed by atoms with E-state index in [4.69, 9.17) is 21.3 Å². The predicted octanol–water partition coefficient (Wildman–Crippen LogP) is 8.45. The lowest BCUT2D eigenvalue weighted by Crippen LogP contribution is -2.58. The molecule has 3 fully saturated rings. The summed E-state index contributed by atoms with van der Waals surface area (Å²) in [5, 5.41) is 29.5. The molecule has 5 heterocycles. The van der Waals surface area contributed by atoms with Crippen molar-refractivity contribution in [1.29, 1.82) is 0 Å². The highest BCUT2D eigenvalue weighted by Gasteiger charge is 2.45. The number of phenolic OH excluding ortho intramolecular Hbond substituents is 1. The van der Waals surface area contributed by atoms with Crippen LogP contribution >= 0.6 is 22.9 Å². The van der Waals surface area contributed by atoms with Crippen LogP contribution in [0.4, 0.5) is 10.2 Å². The predicted molar refractivity (Wildman–Crippen MR) is 298 cm³/mol. The molecule has 5 atom stereocenters. The number of hydrogen-bond acceptors (Lipinski definition) is 13. The van der Waals surface area contributed by atoms with Crippen LogP contribution in [0, 0.1) is 24.1 Å². The molecule has 3 saturated heterocycles. The quantitative estimate of drug-likeness (QED) is 0.0719. The third-order valence-electron chi connectivity index (χ3n) is 15.1. The van der Waals surface area contributed by atoms with Gasteiger partial charge in [0.05, 0.1) is 33.3 Å². The van der Waals surface area contributed by atoms with Crippen molar-refractivity contribution < 1.29 is 38.5 Å². The minimum atomic E-state index is -0.943. The molecule has 16 nitrogen and oxygen atoms in total. The van der Waals surface area contributed by atoms with Gasteiger partial charge >= 0.3 is 6.01 Å². The van der Waals surface area contributed by atoms with Crippen LogP contribution in [0.1, 0.15) is 77.6 Å². The Bertz CT molecular complexity index is 3190. The van der Waals surface area contributed by atoms with Gasteiger partial charge < -0.3 is 40.3 Å². The van der Waals surface area contributed by atoms with Crippen LogP contribution in [0.15, 0.2) is 84.9 Å². The van der Waals surface area contributed by atoms with Crippen molar-refractivity contribution in [3.05, 3.63) is 107 Å². The first-order valence-corrected chi connectivity index (χ1v) is 27.6. The van der Waals surface area contributed by atoms with Crippen LogP contribution in [0.3, 0.4) is 0 Å². The van der Waals surface area contributed by atoms with Crippen LogP contribution in [-0.4, -0.2) is 140 Å². The zero-order chi connectivity index (χ0) is 54.9. The number of fused-ring (bicyclic) bond motifs is 2. The number of benzene rings is 4. The fourth-order valence-corrected chi connectivity index (χ4v) is 12.0. The second-order valence-corrected chi connectivity index (χ2v) is 23.0. The maximum Gasteiger partial charge on any atom is 0.319 e. The lowest BCUT2D eigenvalue weighted by atomic mass is 9.85. The van der Waals surface area contributed by atoms with E-state index in [0.717, 1.165) is 34.5 Å². The smallest absolute Gasteiger partial charge is 0.319 e. The second kappa shape index (κ2) is 23.1. The Hall–Kier alpha value is -6.73. The maximum absolute atomic E-state index is 17.2.